The number of carboxylic acids is 1. The Morgan fingerprint density at radius 1 is 1.13 bits per heavy atom. The Kier molecular flexibility index (Phi) is 5.13. The zero-order chi connectivity index (χ0) is 21.6. The molecule has 0 bridgehead atoms. The van der Waals surface area contributed by atoms with E-state index in [1.807, 2.05) is 4.57 Å². The van der Waals surface area contributed by atoms with E-state index >= 15 is 0 Å². The minimum Gasteiger partial charge on any atom is -0.477 e. The molecule has 7 heteroatoms. The number of rotatable bonds is 4. The topological polar surface area (TPSA) is 88.8 Å². The van der Waals surface area contributed by atoms with Crippen molar-refractivity contribution in [3.05, 3.63) is 51.3 Å². The smallest absolute Gasteiger partial charge is 0.341 e. The van der Waals surface area contributed by atoms with E-state index < -0.39 is 17.4 Å². The molecule has 1 fully saturated rings. The number of anilines is 1. The summed E-state index contributed by atoms with van der Waals surface area (Å²) in [5, 5.41) is 9.41. The molecule has 0 saturated carbocycles. The van der Waals surface area contributed by atoms with Gasteiger partial charge < -0.3 is 19.3 Å². The van der Waals surface area contributed by atoms with Crippen LogP contribution in [0.15, 0.2) is 29.2 Å². The van der Waals surface area contributed by atoms with E-state index in [1.54, 1.807) is 6.07 Å². The summed E-state index contributed by atoms with van der Waals surface area (Å²) in [6.07, 6.45) is 4.31. The zero-order valence-electron chi connectivity index (χ0n) is 17.5. The maximum Gasteiger partial charge on any atom is 0.341 e. The van der Waals surface area contributed by atoms with Crippen LogP contribution in [0, 0.1) is 5.92 Å². The fraction of sp³-hybridized carbons (Fsp3) is 0.435. The summed E-state index contributed by atoms with van der Waals surface area (Å²) in [4.78, 5) is 38.8. The molecule has 3 heterocycles. The van der Waals surface area contributed by atoms with E-state index in [9.17, 15) is 19.5 Å². The van der Waals surface area contributed by atoms with Gasteiger partial charge in [0.2, 0.25) is 0 Å². The second-order valence-corrected chi connectivity index (χ2v) is 8.38. The highest BCUT2D eigenvalue weighted by Crippen LogP contribution is 2.41. The molecule has 0 amide bonds. The Bertz CT molecular complexity index is 1080. The van der Waals surface area contributed by atoms with Gasteiger partial charge in [0.1, 0.15) is 5.56 Å². The van der Waals surface area contributed by atoms with Crippen LogP contribution in [0.3, 0.4) is 0 Å². The van der Waals surface area contributed by atoms with Gasteiger partial charge >= 0.3 is 11.9 Å². The van der Waals surface area contributed by atoms with Gasteiger partial charge in [0.05, 0.1) is 24.1 Å². The first kappa shape index (κ1) is 20.2. The number of carbonyl (C=O) groups is 2. The molecule has 1 atom stereocenters. The van der Waals surface area contributed by atoms with Crippen molar-refractivity contribution in [2.24, 2.45) is 5.92 Å². The van der Waals surface area contributed by atoms with Crippen molar-refractivity contribution in [1.82, 2.24) is 4.57 Å². The number of carboxylic acid groups (broad SMARTS) is 1. The van der Waals surface area contributed by atoms with Gasteiger partial charge in [0.25, 0.3) is 0 Å². The van der Waals surface area contributed by atoms with Gasteiger partial charge in [0.15, 0.2) is 5.43 Å². The monoisotopic (exact) mass is 410 g/mol. The Morgan fingerprint density at radius 3 is 2.43 bits per heavy atom. The van der Waals surface area contributed by atoms with Gasteiger partial charge in [-0.25, -0.2) is 9.59 Å². The van der Waals surface area contributed by atoms with Crippen LogP contribution in [-0.2, 0) is 11.2 Å². The molecule has 1 aromatic carbocycles. The maximum absolute atomic E-state index is 12.6. The van der Waals surface area contributed by atoms with Gasteiger partial charge in [-0.3, -0.25) is 4.79 Å². The molecular formula is C23H26N2O5. The van der Waals surface area contributed by atoms with Gasteiger partial charge in [-0.1, -0.05) is 13.8 Å². The number of methoxy groups -OCH3 is 1. The lowest BCUT2D eigenvalue weighted by molar-refractivity contribution is 0.0600. The third kappa shape index (κ3) is 3.28. The van der Waals surface area contributed by atoms with E-state index in [2.05, 4.69) is 24.8 Å². The van der Waals surface area contributed by atoms with Crippen molar-refractivity contribution in [3.63, 3.8) is 0 Å². The maximum atomic E-state index is 12.6. The number of pyridine rings is 1. The summed E-state index contributed by atoms with van der Waals surface area (Å²) in [5.41, 5.74) is 3.06. The van der Waals surface area contributed by atoms with Crippen LogP contribution < -0.4 is 10.3 Å². The largest absolute Gasteiger partial charge is 0.477 e. The number of nitrogens with zero attached hydrogens (tertiary/aromatic N) is 2. The van der Waals surface area contributed by atoms with Gasteiger partial charge in [0, 0.05) is 37.0 Å². The van der Waals surface area contributed by atoms with Crippen LogP contribution in [0.2, 0.25) is 0 Å². The molecule has 1 saturated heterocycles. The number of fused-ring (bicyclic) bond motifs is 3. The van der Waals surface area contributed by atoms with E-state index in [-0.39, 0.29) is 17.5 Å². The number of aromatic carboxylic acids is 1. The Labute approximate surface area is 174 Å². The minimum absolute atomic E-state index is 0.0154. The summed E-state index contributed by atoms with van der Waals surface area (Å²) in [7, 11) is 1.36. The first-order chi connectivity index (χ1) is 14.3. The summed E-state index contributed by atoms with van der Waals surface area (Å²) in [6.45, 7) is 5.97. The molecule has 0 spiro atoms. The first-order valence-electron chi connectivity index (χ1n) is 10.3. The molecular weight excluding hydrogens is 384 g/mol. The normalized spacial score (nSPS) is 17.6. The third-order valence-electron chi connectivity index (χ3n) is 6.22. The Balaban J connectivity index is 1.97. The lowest BCUT2D eigenvalue weighted by Crippen LogP contribution is -2.29. The highest BCUT2D eigenvalue weighted by atomic mass is 16.5. The zero-order valence-corrected chi connectivity index (χ0v) is 17.5. The molecule has 2 aromatic rings. The van der Waals surface area contributed by atoms with Gasteiger partial charge in [-0.2, -0.15) is 0 Å². The molecule has 158 valence electrons. The molecule has 1 N–H and O–H groups in total. The number of carbonyl (C=O) groups excluding carboxylic acids is 1. The molecule has 1 aromatic heterocycles. The van der Waals surface area contributed by atoms with Crippen LogP contribution in [0.1, 0.15) is 59.0 Å². The quantitative estimate of drug-likeness (QED) is 0.778. The minimum atomic E-state index is -1.23. The van der Waals surface area contributed by atoms with E-state index in [1.165, 1.54) is 19.4 Å². The second-order valence-electron chi connectivity index (χ2n) is 8.38. The summed E-state index contributed by atoms with van der Waals surface area (Å²) in [5.74, 6) is -1.42. The molecule has 0 radical (unpaired) electrons. The van der Waals surface area contributed by atoms with E-state index in [0.717, 1.165) is 42.7 Å². The summed E-state index contributed by atoms with van der Waals surface area (Å²) >= 11 is 0. The fourth-order valence-electron chi connectivity index (χ4n) is 4.61. The standard InChI is InChI=1S/C23H26N2O5/c1-13(2)18-8-14-9-19(24-6-4-5-7-24)16(23(29)30-3)10-15(14)20-11-21(26)17(22(27)28)12-25(18)20/h9-13,18H,4-8H2,1-3H3,(H,27,28). The fourth-order valence-corrected chi connectivity index (χ4v) is 4.61. The molecule has 1 unspecified atom stereocenters. The molecule has 2 aliphatic heterocycles. The molecule has 4 rings (SSSR count). The number of esters is 1. The average Bonchev–Trinajstić information content (AvgIpc) is 3.25. The highest BCUT2D eigenvalue weighted by Gasteiger charge is 2.31. The van der Waals surface area contributed by atoms with Crippen molar-refractivity contribution in [2.45, 2.75) is 39.2 Å². The van der Waals surface area contributed by atoms with Crippen molar-refractivity contribution < 1.29 is 19.4 Å². The summed E-state index contributed by atoms with van der Waals surface area (Å²) in [6, 6.07) is 5.26. The predicted molar refractivity (Wildman–Crippen MR) is 113 cm³/mol. The number of hydrogen-bond acceptors (Lipinski definition) is 5. The lowest BCUT2D eigenvalue weighted by atomic mass is 9.86. The van der Waals surface area contributed by atoms with Crippen LogP contribution in [0.5, 0.6) is 0 Å². The van der Waals surface area contributed by atoms with Crippen LogP contribution in [0.4, 0.5) is 5.69 Å². The Hall–Kier alpha value is -3.09. The number of hydrogen-bond donors (Lipinski definition) is 1. The average molecular weight is 410 g/mol. The van der Waals surface area contributed by atoms with Gasteiger partial charge in [-0.05, 0) is 42.9 Å². The lowest BCUT2D eigenvalue weighted by Gasteiger charge is -2.34. The number of ether oxygens (including phenoxy) is 1. The molecule has 0 aliphatic carbocycles. The summed E-state index contributed by atoms with van der Waals surface area (Å²) < 4.78 is 6.92. The van der Waals surface area contributed by atoms with Crippen molar-refractivity contribution in [2.75, 3.05) is 25.1 Å². The Morgan fingerprint density at radius 2 is 1.83 bits per heavy atom. The van der Waals surface area contributed by atoms with Crippen LogP contribution >= 0.6 is 0 Å². The first-order valence-corrected chi connectivity index (χ1v) is 10.3. The van der Waals surface area contributed by atoms with Crippen molar-refractivity contribution in [3.8, 4) is 11.3 Å². The molecule has 2 aliphatic rings. The predicted octanol–water partition coefficient (Wildman–Crippen LogP) is 3.35. The molecule has 7 nitrogen and oxygen atoms in total. The van der Waals surface area contributed by atoms with Crippen LogP contribution in [-0.4, -0.2) is 41.8 Å². The SMILES string of the molecule is COC(=O)c1cc2c(cc1N1CCCC1)CC(C(C)C)n1cc(C(=O)O)c(=O)cc1-2. The van der Waals surface area contributed by atoms with Crippen molar-refractivity contribution in [1.29, 1.82) is 0 Å². The van der Waals surface area contributed by atoms with Gasteiger partial charge in [-0.15, -0.1) is 0 Å². The number of benzene rings is 1. The van der Waals surface area contributed by atoms with E-state index in [0.29, 0.717) is 17.7 Å². The van der Waals surface area contributed by atoms with Crippen molar-refractivity contribution >= 4 is 17.6 Å². The van der Waals surface area contributed by atoms with E-state index in [4.69, 9.17) is 4.74 Å². The highest BCUT2D eigenvalue weighted by molar-refractivity contribution is 5.98. The second kappa shape index (κ2) is 7.63. The number of aromatic nitrogens is 1. The molecule has 30 heavy (non-hydrogen) atoms. The third-order valence-corrected chi connectivity index (χ3v) is 6.22. The van der Waals surface area contributed by atoms with Crippen LogP contribution in [0.25, 0.3) is 11.3 Å².